The first-order valence-electron chi connectivity index (χ1n) is 6.68. The van der Waals surface area contributed by atoms with Gasteiger partial charge in [0.15, 0.2) is 6.61 Å². The molecule has 0 saturated heterocycles. The zero-order chi connectivity index (χ0) is 16.0. The third-order valence-corrected chi connectivity index (χ3v) is 3.08. The molecule has 0 unspecified atom stereocenters. The van der Waals surface area contributed by atoms with Crippen LogP contribution in [0.3, 0.4) is 0 Å². The molecular weight excluding hydrogens is 276 g/mol. The van der Waals surface area contributed by atoms with Crippen molar-refractivity contribution in [3.8, 4) is 0 Å². The Morgan fingerprint density at radius 1 is 1.38 bits per heavy atom. The summed E-state index contributed by atoms with van der Waals surface area (Å²) in [6, 6.07) is 0. The number of ether oxygens (including phenoxy) is 2. The number of aryl methyl sites for hydroxylation is 1. The van der Waals surface area contributed by atoms with Gasteiger partial charge in [0.05, 0.1) is 12.7 Å². The minimum atomic E-state index is -0.680. The van der Waals surface area contributed by atoms with Crippen molar-refractivity contribution in [2.24, 2.45) is 0 Å². The van der Waals surface area contributed by atoms with Gasteiger partial charge in [-0.1, -0.05) is 0 Å². The summed E-state index contributed by atoms with van der Waals surface area (Å²) in [7, 11) is 1.53. The highest BCUT2D eigenvalue weighted by molar-refractivity contribution is 5.91. The lowest BCUT2D eigenvalue weighted by Crippen LogP contribution is -2.31. The number of aliphatic hydroxyl groups is 1. The molecule has 118 valence electrons. The third-order valence-electron chi connectivity index (χ3n) is 3.08. The number of hydrogen-bond donors (Lipinski definition) is 3. The molecule has 1 rings (SSSR count). The van der Waals surface area contributed by atoms with Crippen LogP contribution in [0.15, 0.2) is 0 Å². The van der Waals surface area contributed by atoms with Crippen molar-refractivity contribution in [1.29, 1.82) is 0 Å². The lowest BCUT2D eigenvalue weighted by Gasteiger charge is -2.07. The van der Waals surface area contributed by atoms with Gasteiger partial charge in [0, 0.05) is 24.9 Å². The van der Waals surface area contributed by atoms with E-state index in [-0.39, 0.29) is 12.3 Å². The molecule has 0 aliphatic carbocycles. The number of rotatable bonds is 7. The van der Waals surface area contributed by atoms with E-state index in [4.69, 9.17) is 9.47 Å². The van der Waals surface area contributed by atoms with E-state index in [1.807, 2.05) is 0 Å². The first kappa shape index (κ1) is 17.2. The van der Waals surface area contributed by atoms with Crippen LogP contribution in [0.25, 0.3) is 0 Å². The van der Waals surface area contributed by atoms with Crippen molar-refractivity contribution in [1.82, 2.24) is 10.3 Å². The number of aromatic amines is 1. The number of nitrogens with one attached hydrogen (secondary N) is 2. The molecule has 0 radical (unpaired) electrons. The van der Waals surface area contributed by atoms with Crippen LogP contribution in [-0.4, -0.2) is 48.8 Å². The normalized spacial score (nSPS) is 12.0. The molecule has 1 heterocycles. The smallest absolute Gasteiger partial charge is 0.355 e. The Labute approximate surface area is 123 Å². The molecule has 1 aromatic heterocycles. The van der Waals surface area contributed by atoms with Gasteiger partial charge >= 0.3 is 5.97 Å². The average molecular weight is 298 g/mol. The zero-order valence-corrected chi connectivity index (χ0v) is 12.8. The van der Waals surface area contributed by atoms with E-state index >= 15 is 0 Å². The quantitative estimate of drug-likeness (QED) is 0.505. The second-order valence-corrected chi connectivity index (χ2v) is 4.76. The molecule has 0 fully saturated rings. The van der Waals surface area contributed by atoms with Gasteiger partial charge in [0.2, 0.25) is 0 Å². The molecule has 0 aliphatic heterocycles. The average Bonchev–Trinajstić information content (AvgIpc) is 2.71. The van der Waals surface area contributed by atoms with E-state index in [9.17, 15) is 14.7 Å². The Morgan fingerprint density at radius 2 is 2.05 bits per heavy atom. The molecule has 0 saturated carbocycles. The largest absolute Gasteiger partial charge is 0.451 e. The molecule has 1 atom stereocenters. The minimum Gasteiger partial charge on any atom is -0.451 e. The summed E-state index contributed by atoms with van der Waals surface area (Å²) < 4.78 is 9.73. The minimum absolute atomic E-state index is 0.257. The van der Waals surface area contributed by atoms with E-state index in [2.05, 4.69) is 10.3 Å². The first-order valence-corrected chi connectivity index (χ1v) is 6.68. The topological polar surface area (TPSA) is 101 Å². The summed E-state index contributed by atoms with van der Waals surface area (Å²) in [6.45, 7) is 5.52. The van der Waals surface area contributed by atoms with Gasteiger partial charge in [-0.2, -0.15) is 0 Å². The molecule has 1 amide bonds. The molecule has 0 bridgehead atoms. The van der Waals surface area contributed by atoms with Crippen LogP contribution in [-0.2, 0) is 14.3 Å². The highest BCUT2D eigenvalue weighted by Crippen LogP contribution is 2.24. The fourth-order valence-electron chi connectivity index (χ4n) is 2.14. The summed E-state index contributed by atoms with van der Waals surface area (Å²) in [6.07, 6.45) is -0.680. The van der Waals surface area contributed by atoms with Crippen LogP contribution in [0.5, 0.6) is 0 Å². The number of methoxy groups -OCH3 is 1. The van der Waals surface area contributed by atoms with Crippen molar-refractivity contribution in [2.45, 2.75) is 26.9 Å². The van der Waals surface area contributed by atoms with Gasteiger partial charge in [-0.15, -0.1) is 0 Å². The van der Waals surface area contributed by atoms with Gasteiger partial charge in [0.1, 0.15) is 5.69 Å². The standard InChI is InChI=1S/C14H22N2O5/c1-8-12(10(3)17)9(2)16-13(8)14(19)21-7-11(18)15-5-6-20-4/h10,16-17H,5-7H2,1-4H3,(H,15,18)/t10-/m1/s1. The third kappa shape index (κ3) is 4.57. The number of aromatic nitrogens is 1. The summed E-state index contributed by atoms with van der Waals surface area (Å²) in [5.74, 6) is -1.01. The number of esters is 1. The van der Waals surface area contributed by atoms with E-state index in [1.54, 1.807) is 20.8 Å². The number of carbonyl (C=O) groups is 2. The van der Waals surface area contributed by atoms with Crippen molar-refractivity contribution >= 4 is 11.9 Å². The Morgan fingerprint density at radius 3 is 2.57 bits per heavy atom. The Bertz CT molecular complexity index is 508. The monoisotopic (exact) mass is 298 g/mol. The van der Waals surface area contributed by atoms with Crippen molar-refractivity contribution in [3.05, 3.63) is 22.5 Å². The van der Waals surface area contributed by atoms with Crippen LogP contribution in [0.1, 0.15) is 40.3 Å². The van der Waals surface area contributed by atoms with E-state index < -0.39 is 18.0 Å². The fourth-order valence-corrected chi connectivity index (χ4v) is 2.14. The summed E-state index contributed by atoms with van der Waals surface area (Å²) in [5.41, 5.74) is 2.27. The highest BCUT2D eigenvalue weighted by Gasteiger charge is 2.21. The van der Waals surface area contributed by atoms with Crippen LogP contribution in [0.4, 0.5) is 0 Å². The molecular formula is C14H22N2O5. The molecule has 7 nitrogen and oxygen atoms in total. The number of aliphatic hydroxyl groups excluding tert-OH is 1. The predicted octanol–water partition coefficient (Wildman–Crippen LogP) is 0.604. The molecule has 3 N–H and O–H groups in total. The van der Waals surface area contributed by atoms with Crippen LogP contribution < -0.4 is 5.32 Å². The number of H-pyrrole nitrogens is 1. The van der Waals surface area contributed by atoms with Gasteiger partial charge < -0.3 is 24.9 Å². The van der Waals surface area contributed by atoms with Gasteiger partial charge in [-0.25, -0.2) is 4.79 Å². The van der Waals surface area contributed by atoms with Gasteiger partial charge in [-0.3, -0.25) is 4.79 Å². The zero-order valence-electron chi connectivity index (χ0n) is 12.8. The summed E-state index contributed by atoms with van der Waals surface area (Å²) in [5, 5.41) is 12.2. The van der Waals surface area contributed by atoms with E-state index in [0.29, 0.717) is 30.0 Å². The molecule has 1 aromatic rings. The first-order chi connectivity index (χ1) is 9.88. The van der Waals surface area contributed by atoms with Gasteiger partial charge in [0.25, 0.3) is 5.91 Å². The molecule has 0 aliphatic rings. The van der Waals surface area contributed by atoms with Crippen molar-refractivity contribution < 1.29 is 24.2 Å². The maximum Gasteiger partial charge on any atom is 0.355 e. The van der Waals surface area contributed by atoms with Crippen molar-refractivity contribution in [3.63, 3.8) is 0 Å². The molecule has 21 heavy (non-hydrogen) atoms. The SMILES string of the molecule is COCCNC(=O)COC(=O)c1[nH]c(C)c([C@@H](C)O)c1C. The lowest BCUT2D eigenvalue weighted by molar-refractivity contribution is -0.124. The van der Waals surface area contributed by atoms with E-state index in [0.717, 1.165) is 0 Å². The summed E-state index contributed by atoms with van der Waals surface area (Å²) in [4.78, 5) is 26.3. The van der Waals surface area contributed by atoms with Crippen molar-refractivity contribution in [2.75, 3.05) is 26.9 Å². The maximum atomic E-state index is 11.9. The highest BCUT2D eigenvalue weighted by atomic mass is 16.5. The molecule has 0 aromatic carbocycles. The van der Waals surface area contributed by atoms with Crippen LogP contribution in [0.2, 0.25) is 0 Å². The second kappa shape index (κ2) is 7.80. The maximum absolute atomic E-state index is 11.9. The number of carbonyl (C=O) groups excluding carboxylic acids is 2. The molecule has 7 heteroatoms. The number of amides is 1. The second-order valence-electron chi connectivity index (χ2n) is 4.76. The van der Waals surface area contributed by atoms with Crippen LogP contribution >= 0.6 is 0 Å². The van der Waals surface area contributed by atoms with E-state index in [1.165, 1.54) is 7.11 Å². The molecule has 0 spiro atoms. The Hall–Kier alpha value is -1.86. The predicted molar refractivity (Wildman–Crippen MR) is 76.1 cm³/mol. The van der Waals surface area contributed by atoms with Crippen LogP contribution in [0, 0.1) is 13.8 Å². The fraction of sp³-hybridized carbons (Fsp3) is 0.571. The number of hydrogen-bond acceptors (Lipinski definition) is 5. The Balaban J connectivity index is 2.61. The Kier molecular flexibility index (Phi) is 6.39. The van der Waals surface area contributed by atoms with Gasteiger partial charge in [-0.05, 0) is 26.3 Å². The lowest BCUT2D eigenvalue weighted by atomic mass is 10.1. The summed E-state index contributed by atoms with van der Waals surface area (Å²) >= 11 is 0.